The van der Waals surface area contributed by atoms with Gasteiger partial charge in [-0.3, -0.25) is 9.59 Å². The molecule has 0 saturated carbocycles. The van der Waals surface area contributed by atoms with Gasteiger partial charge in [-0.25, -0.2) is 0 Å². The molecular weight excluding hydrogens is 387 g/mol. The van der Waals surface area contributed by atoms with Crippen LogP contribution in [0.15, 0.2) is 42.5 Å². The quantitative estimate of drug-likeness (QED) is 0.800. The molecule has 0 spiro atoms. The molecule has 1 unspecified atom stereocenters. The van der Waals surface area contributed by atoms with Crippen molar-refractivity contribution in [3.05, 3.63) is 63.6 Å². The number of halogens is 2. The van der Waals surface area contributed by atoms with Crippen LogP contribution in [0.1, 0.15) is 28.8 Å². The van der Waals surface area contributed by atoms with Gasteiger partial charge in [0.1, 0.15) is 6.10 Å². The van der Waals surface area contributed by atoms with Gasteiger partial charge in [-0.15, -0.1) is 0 Å². The van der Waals surface area contributed by atoms with E-state index in [2.05, 4.69) is 5.32 Å². The Hall–Kier alpha value is -2.08. The van der Waals surface area contributed by atoms with Gasteiger partial charge in [0.15, 0.2) is 0 Å². The van der Waals surface area contributed by atoms with Crippen molar-refractivity contribution in [1.82, 2.24) is 4.90 Å². The lowest BCUT2D eigenvalue weighted by molar-refractivity contribution is -0.124. The summed E-state index contributed by atoms with van der Waals surface area (Å²) in [6.07, 6.45) is 1.18. The van der Waals surface area contributed by atoms with Crippen LogP contribution in [0.5, 0.6) is 0 Å². The van der Waals surface area contributed by atoms with E-state index >= 15 is 0 Å². The van der Waals surface area contributed by atoms with Crippen LogP contribution in [0, 0.1) is 0 Å². The number of carbonyl (C=O) groups is 2. The summed E-state index contributed by atoms with van der Waals surface area (Å²) < 4.78 is 5.38. The standard InChI is InChI=1S/C20H20Cl2N2O3/c1-24(12-14-6-3-8-16(21)18(14)22)20(26)13-5-2-7-15(11-13)23-19(25)17-9-4-10-27-17/h2-3,5-8,11,17H,4,9-10,12H2,1H3,(H,23,25). The molecule has 3 rings (SSSR count). The Kier molecular flexibility index (Phi) is 6.37. The second-order valence-electron chi connectivity index (χ2n) is 6.45. The van der Waals surface area contributed by atoms with Crippen LogP contribution in [0.2, 0.25) is 10.0 Å². The number of amides is 2. The topological polar surface area (TPSA) is 58.6 Å². The molecule has 1 aliphatic heterocycles. The zero-order valence-electron chi connectivity index (χ0n) is 14.9. The first kappa shape index (κ1) is 19.7. The van der Waals surface area contributed by atoms with Crippen LogP contribution in [0.3, 0.4) is 0 Å². The van der Waals surface area contributed by atoms with Gasteiger partial charge in [-0.05, 0) is 42.7 Å². The Balaban J connectivity index is 1.69. The number of nitrogens with one attached hydrogen (secondary N) is 1. The van der Waals surface area contributed by atoms with E-state index in [4.69, 9.17) is 27.9 Å². The number of nitrogens with zero attached hydrogens (tertiary/aromatic N) is 1. The molecule has 1 aliphatic rings. The minimum absolute atomic E-state index is 0.181. The third kappa shape index (κ3) is 4.80. The van der Waals surface area contributed by atoms with Crippen molar-refractivity contribution in [2.45, 2.75) is 25.5 Å². The average molecular weight is 407 g/mol. The van der Waals surface area contributed by atoms with Crippen LogP contribution >= 0.6 is 23.2 Å². The van der Waals surface area contributed by atoms with Crippen LogP contribution in [-0.2, 0) is 16.1 Å². The average Bonchev–Trinajstić information content (AvgIpc) is 3.20. The number of carbonyl (C=O) groups excluding carboxylic acids is 2. The predicted octanol–water partition coefficient (Wildman–Crippen LogP) is 4.38. The molecule has 0 aliphatic carbocycles. The fourth-order valence-corrected chi connectivity index (χ4v) is 3.34. The van der Waals surface area contributed by atoms with Gasteiger partial charge in [-0.1, -0.05) is 41.4 Å². The highest BCUT2D eigenvalue weighted by Crippen LogP contribution is 2.26. The van der Waals surface area contributed by atoms with Crippen molar-refractivity contribution in [1.29, 1.82) is 0 Å². The molecule has 7 heteroatoms. The Bertz CT molecular complexity index is 851. The van der Waals surface area contributed by atoms with E-state index in [0.29, 0.717) is 40.9 Å². The predicted molar refractivity (Wildman–Crippen MR) is 106 cm³/mol. The first-order chi connectivity index (χ1) is 13.0. The molecule has 0 aromatic heterocycles. The molecule has 2 aromatic carbocycles. The fourth-order valence-electron chi connectivity index (χ4n) is 2.96. The first-order valence-corrected chi connectivity index (χ1v) is 9.42. The van der Waals surface area contributed by atoms with Gasteiger partial charge < -0.3 is 15.0 Å². The molecule has 2 amide bonds. The lowest BCUT2D eigenvalue weighted by atomic mass is 10.1. The lowest BCUT2D eigenvalue weighted by Gasteiger charge is -2.19. The van der Waals surface area contributed by atoms with Crippen molar-refractivity contribution >= 4 is 40.7 Å². The minimum Gasteiger partial charge on any atom is -0.368 e. The normalized spacial score (nSPS) is 16.2. The monoisotopic (exact) mass is 406 g/mol. The Morgan fingerprint density at radius 3 is 2.74 bits per heavy atom. The smallest absolute Gasteiger partial charge is 0.253 e. The van der Waals surface area contributed by atoms with Crippen molar-refractivity contribution in [2.24, 2.45) is 0 Å². The van der Waals surface area contributed by atoms with Gasteiger partial charge in [0.05, 0.1) is 10.0 Å². The second-order valence-corrected chi connectivity index (χ2v) is 7.23. The molecule has 0 bridgehead atoms. The highest BCUT2D eigenvalue weighted by Gasteiger charge is 2.24. The van der Waals surface area contributed by atoms with Gasteiger partial charge in [0.25, 0.3) is 11.8 Å². The highest BCUT2D eigenvalue weighted by molar-refractivity contribution is 6.42. The molecule has 1 N–H and O–H groups in total. The summed E-state index contributed by atoms with van der Waals surface area (Å²) in [6, 6.07) is 12.2. The number of ether oxygens (including phenoxy) is 1. The minimum atomic E-state index is -0.419. The SMILES string of the molecule is CN(Cc1cccc(Cl)c1Cl)C(=O)c1cccc(NC(=O)C2CCCO2)c1. The number of hydrogen-bond acceptors (Lipinski definition) is 3. The van der Waals surface area contributed by atoms with E-state index in [1.54, 1.807) is 48.3 Å². The van der Waals surface area contributed by atoms with Crippen molar-refractivity contribution < 1.29 is 14.3 Å². The summed E-state index contributed by atoms with van der Waals surface area (Å²) >= 11 is 12.2. The molecule has 1 saturated heterocycles. The summed E-state index contributed by atoms with van der Waals surface area (Å²) in [5, 5.41) is 3.70. The fraction of sp³-hybridized carbons (Fsp3) is 0.300. The Morgan fingerprint density at radius 1 is 1.22 bits per heavy atom. The first-order valence-electron chi connectivity index (χ1n) is 8.66. The summed E-state index contributed by atoms with van der Waals surface area (Å²) in [4.78, 5) is 26.5. The van der Waals surface area contributed by atoms with E-state index < -0.39 is 6.10 Å². The van der Waals surface area contributed by atoms with Crippen LogP contribution in [0.25, 0.3) is 0 Å². The molecule has 1 heterocycles. The van der Waals surface area contributed by atoms with Gasteiger partial charge in [0, 0.05) is 31.5 Å². The van der Waals surface area contributed by atoms with Gasteiger partial charge in [-0.2, -0.15) is 0 Å². The van der Waals surface area contributed by atoms with Crippen molar-refractivity contribution in [3.8, 4) is 0 Å². The molecular formula is C20H20Cl2N2O3. The van der Waals surface area contributed by atoms with Crippen LogP contribution < -0.4 is 5.32 Å². The summed E-state index contributed by atoms with van der Waals surface area (Å²) in [7, 11) is 1.69. The molecule has 142 valence electrons. The van der Waals surface area contributed by atoms with Gasteiger partial charge >= 0.3 is 0 Å². The maximum absolute atomic E-state index is 12.8. The Morgan fingerprint density at radius 2 is 2.00 bits per heavy atom. The number of hydrogen-bond donors (Lipinski definition) is 1. The number of rotatable bonds is 5. The summed E-state index contributed by atoms with van der Waals surface area (Å²) in [5.41, 5.74) is 1.80. The molecule has 0 radical (unpaired) electrons. The van der Waals surface area contributed by atoms with E-state index in [1.807, 2.05) is 6.07 Å². The Labute approximate surface area is 168 Å². The van der Waals surface area contributed by atoms with E-state index in [0.717, 1.165) is 12.0 Å². The van der Waals surface area contributed by atoms with E-state index in [9.17, 15) is 9.59 Å². The molecule has 27 heavy (non-hydrogen) atoms. The third-order valence-corrected chi connectivity index (χ3v) is 5.24. The lowest BCUT2D eigenvalue weighted by Crippen LogP contribution is -2.28. The van der Waals surface area contributed by atoms with Gasteiger partial charge in [0.2, 0.25) is 0 Å². The number of anilines is 1. The second kappa shape index (κ2) is 8.74. The molecule has 2 aromatic rings. The molecule has 1 fully saturated rings. The maximum Gasteiger partial charge on any atom is 0.253 e. The van der Waals surface area contributed by atoms with E-state index in [-0.39, 0.29) is 11.8 Å². The van der Waals surface area contributed by atoms with Crippen molar-refractivity contribution in [2.75, 3.05) is 19.0 Å². The van der Waals surface area contributed by atoms with E-state index in [1.165, 1.54) is 0 Å². The van der Waals surface area contributed by atoms with Crippen molar-refractivity contribution in [3.63, 3.8) is 0 Å². The van der Waals surface area contributed by atoms with Crippen LogP contribution in [-0.4, -0.2) is 36.5 Å². The molecule has 1 atom stereocenters. The summed E-state index contributed by atoms with van der Waals surface area (Å²) in [5.74, 6) is -0.365. The maximum atomic E-state index is 12.8. The largest absolute Gasteiger partial charge is 0.368 e. The zero-order chi connectivity index (χ0) is 19.4. The third-order valence-electron chi connectivity index (χ3n) is 4.38. The molecule has 5 nitrogen and oxygen atoms in total. The van der Waals surface area contributed by atoms with Crippen LogP contribution in [0.4, 0.5) is 5.69 Å². The summed E-state index contributed by atoms with van der Waals surface area (Å²) in [6.45, 7) is 0.929. The highest BCUT2D eigenvalue weighted by atomic mass is 35.5. The zero-order valence-corrected chi connectivity index (χ0v) is 16.4. The number of benzene rings is 2.